The molecule has 0 saturated carbocycles. The molecule has 2 heterocycles. The zero-order valence-electron chi connectivity index (χ0n) is 25.1. The zero-order valence-corrected chi connectivity index (χ0v) is 25.1. The van der Waals surface area contributed by atoms with E-state index in [-0.39, 0.29) is 0 Å². The molecule has 0 spiro atoms. The van der Waals surface area contributed by atoms with Crippen LogP contribution in [0.25, 0.3) is 44.2 Å². The Balaban J connectivity index is 1.42. The van der Waals surface area contributed by atoms with Crippen LogP contribution in [-0.2, 0) is 12.8 Å². The van der Waals surface area contributed by atoms with E-state index in [1.165, 1.54) is 66.3 Å². The van der Waals surface area contributed by atoms with Crippen molar-refractivity contribution in [1.29, 1.82) is 5.26 Å². The summed E-state index contributed by atoms with van der Waals surface area (Å²) >= 11 is 0. The summed E-state index contributed by atoms with van der Waals surface area (Å²) in [5, 5.41) is 13.1. The molecular formula is C42H31N3. The molecule has 0 aliphatic heterocycles. The van der Waals surface area contributed by atoms with Gasteiger partial charge in [-0.1, -0.05) is 115 Å². The van der Waals surface area contributed by atoms with E-state index in [1.54, 1.807) is 0 Å². The lowest BCUT2D eigenvalue weighted by molar-refractivity contribution is 1.02. The molecule has 0 aliphatic rings. The molecule has 0 N–H and O–H groups in total. The Hall–Kier alpha value is -5.85. The number of rotatable bonds is 6. The van der Waals surface area contributed by atoms with E-state index < -0.39 is 0 Å². The molecule has 0 radical (unpaired) electrons. The highest BCUT2D eigenvalue weighted by atomic mass is 15.1. The Morgan fingerprint density at radius 2 is 0.956 bits per heavy atom. The van der Waals surface area contributed by atoms with Crippen molar-refractivity contribution in [3.05, 3.63) is 179 Å². The van der Waals surface area contributed by atoms with Gasteiger partial charge in [-0.05, 0) is 78.4 Å². The van der Waals surface area contributed by atoms with Crippen LogP contribution in [-0.4, -0.2) is 9.13 Å². The SMILES string of the molecule is Cc1ccc(Cc2ccccc2-n2c3ccccc3c3c4ccccc4n(-c4ccccc4Cc4ccc(C#N)cc4)c32)cc1. The van der Waals surface area contributed by atoms with E-state index in [0.717, 1.165) is 18.5 Å². The molecule has 0 unspecified atom stereocenters. The lowest BCUT2D eigenvalue weighted by atomic mass is 10.0. The molecule has 6 aromatic carbocycles. The molecule has 0 atom stereocenters. The van der Waals surface area contributed by atoms with Crippen LogP contribution in [0.1, 0.15) is 33.4 Å². The lowest BCUT2D eigenvalue weighted by Gasteiger charge is -2.18. The molecule has 3 nitrogen and oxygen atoms in total. The van der Waals surface area contributed by atoms with Crippen LogP contribution in [0.5, 0.6) is 0 Å². The minimum Gasteiger partial charge on any atom is -0.295 e. The molecule has 214 valence electrons. The van der Waals surface area contributed by atoms with Crippen molar-refractivity contribution in [3.8, 4) is 17.4 Å². The highest BCUT2D eigenvalue weighted by Crippen LogP contribution is 2.42. The maximum atomic E-state index is 9.33. The maximum absolute atomic E-state index is 9.33. The summed E-state index contributed by atoms with van der Waals surface area (Å²) in [6.07, 6.45) is 1.61. The van der Waals surface area contributed by atoms with Gasteiger partial charge in [-0.15, -0.1) is 0 Å². The first-order valence-electron chi connectivity index (χ1n) is 15.4. The number of benzene rings is 6. The first-order valence-corrected chi connectivity index (χ1v) is 15.4. The van der Waals surface area contributed by atoms with Crippen LogP contribution in [0.4, 0.5) is 0 Å². The first kappa shape index (κ1) is 26.8. The Morgan fingerprint density at radius 1 is 0.511 bits per heavy atom. The van der Waals surface area contributed by atoms with Crippen LogP contribution in [0.2, 0.25) is 0 Å². The quantitative estimate of drug-likeness (QED) is 0.194. The van der Waals surface area contributed by atoms with Crippen LogP contribution in [0, 0.1) is 18.3 Å². The van der Waals surface area contributed by atoms with E-state index in [1.807, 2.05) is 12.1 Å². The van der Waals surface area contributed by atoms with Crippen LogP contribution in [0.15, 0.2) is 146 Å². The topological polar surface area (TPSA) is 33.6 Å². The van der Waals surface area contributed by atoms with Crippen molar-refractivity contribution < 1.29 is 0 Å². The summed E-state index contributed by atoms with van der Waals surface area (Å²) in [7, 11) is 0. The van der Waals surface area contributed by atoms with Crippen molar-refractivity contribution >= 4 is 32.8 Å². The molecular weight excluding hydrogens is 546 g/mol. The standard InChI is InChI=1S/C42H31N3/c1-29-18-20-30(21-19-29)26-33-10-2-6-14-37(33)44-39-16-8-4-12-35(39)41-36-13-5-9-17-40(36)45(42(41)44)38-15-7-3-11-34(38)27-31-22-24-32(28-43)25-23-31/h2-25H,26-27H2,1H3. The summed E-state index contributed by atoms with van der Waals surface area (Å²) in [4.78, 5) is 0. The fraction of sp³-hybridized carbons (Fsp3) is 0.0714. The molecule has 0 bridgehead atoms. The van der Waals surface area contributed by atoms with Crippen LogP contribution >= 0.6 is 0 Å². The smallest absolute Gasteiger partial charge is 0.131 e. The number of nitrogens with zero attached hydrogens (tertiary/aromatic N) is 3. The van der Waals surface area contributed by atoms with Crippen molar-refractivity contribution in [2.75, 3.05) is 0 Å². The predicted octanol–water partition coefficient (Wildman–Crippen LogP) is 10.1. The Kier molecular flexibility index (Phi) is 6.55. The van der Waals surface area contributed by atoms with Crippen molar-refractivity contribution in [3.63, 3.8) is 0 Å². The summed E-state index contributed by atoms with van der Waals surface area (Å²) < 4.78 is 4.94. The minimum atomic E-state index is 0.680. The second-order valence-corrected chi connectivity index (χ2v) is 11.8. The molecule has 0 saturated heterocycles. The normalized spacial score (nSPS) is 11.4. The average molecular weight is 578 g/mol. The van der Waals surface area contributed by atoms with Gasteiger partial charge in [0.05, 0.1) is 34.0 Å². The highest BCUT2D eigenvalue weighted by molar-refractivity contribution is 6.22. The largest absolute Gasteiger partial charge is 0.295 e. The average Bonchev–Trinajstić information content (AvgIpc) is 3.59. The van der Waals surface area contributed by atoms with Gasteiger partial charge in [0.1, 0.15) is 5.65 Å². The van der Waals surface area contributed by atoms with Gasteiger partial charge in [0.25, 0.3) is 0 Å². The molecule has 8 aromatic rings. The third-order valence-electron chi connectivity index (χ3n) is 8.93. The lowest BCUT2D eigenvalue weighted by Crippen LogP contribution is -2.06. The van der Waals surface area contributed by atoms with Crippen LogP contribution in [0.3, 0.4) is 0 Å². The fourth-order valence-corrected chi connectivity index (χ4v) is 6.79. The monoisotopic (exact) mass is 577 g/mol. The Bertz CT molecular complexity index is 2380. The number of aryl methyl sites for hydroxylation is 1. The third kappa shape index (κ3) is 4.60. The molecule has 3 heteroatoms. The van der Waals surface area contributed by atoms with Crippen LogP contribution < -0.4 is 0 Å². The van der Waals surface area contributed by atoms with E-state index in [4.69, 9.17) is 0 Å². The van der Waals surface area contributed by atoms with Crippen molar-refractivity contribution in [2.24, 2.45) is 0 Å². The zero-order chi connectivity index (χ0) is 30.3. The minimum absolute atomic E-state index is 0.680. The number of nitriles is 1. The van der Waals surface area contributed by atoms with Gasteiger partial charge in [-0.25, -0.2) is 0 Å². The molecule has 0 amide bonds. The van der Waals surface area contributed by atoms with Gasteiger partial charge in [-0.2, -0.15) is 5.26 Å². The Morgan fingerprint density at radius 3 is 1.47 bits per heavy atom. The van der Waals surface area contributed by atoms with Gasteiger partial charge >= 0.3 is 0 Å². The van der Waals surface area contributed by atoms with Gasteiger partial charge in [0.2, 0.25) is 0 Å². The number of hydrogen-bond acceptors (Lipinski definition) is 1. The summed E-state index contributed by atoms with van der Waals surface area (Å²) in [5.41, 5.74) is 12.8. The first-order chi connectivity index (χ1) is 22.2. The summed E-state index contributed by atoms with van der Waals surface area (Å²) in [5.74, 6) is 0. The second-order valence-electron chi connectivity index (χ2n) is 11.8. The fourth-order valence-electron chi connectivity index (χ4n) is 6.79. The third-order valence-corrected chi connectivity index (χ3v) is 8.93. The summed E-state index contributed by atoms with van der Waals surface area (Å²) in [6, 6.07) is 54.2. The van der Waals surface area contributed by atoms with E-state index in [0.29, 0.717) is 5.56 Å². The molecule has 8 rings (SSSR count). The molecule has 2 aromatic heterocycles. The predicted molar refractivity (Wildman–Crippen MR) is 186 cm³/mol. The second kappa shape index (κ2) is 11.0. The number of fused-ring (bicyclic) bond motifs is 5. The number of hydrogen-bond donors (Lipinski definition) is 0. The summed E-state index contributed by atoms with van der Waals surface area (Å²) in [6.45, 7) is 2.14. The van der Waals surface area contributed by atoms with Gasteiger partial charge in [-0.3, -0.25) is 9.13 Å². The maximum Gasteiger partial charge on any atom is 0.131 e. The number of para-hydroxylation sites is 4. The van der Waals surface area contributed by atoms with Crippen molar-refractivity contribution in [1.82, 2.24) is 9.13 Å². The van der Waals surface area contributed by atoms with Crippen molar-refractivity contribution in [2.45, 2.75) is 19.8 Å². The van der Waals surface area contributed by atoms with Gasteiger partial charge in [0, 0.05) is 16.2 Å². The van der Waals surface area contributed by atoms with E-state index in [9.17, 15) is 5.26 Å². The molecule has 45 heavy (non-hydrogen) atoms. The van der Waals surface area contributed by atoms with E-state index in [2.05, 4.69) is 156 Å². The number of aromatic nitrogens is 2. The highest BCUT2D eigenvalue weighted by Gasteiger charge is 2.23. The molecule has 0 aliphatic carbocycles. The molecule has 0 fully saturated rings. The van der Waals surface area contributed by atoms with Gasteiger partial charge < -0.3 is 0 Å². The van der Waals surface area contributed by atoms with E-state index >= 15 is 0 Å². The van der Waals surface area contributed by atoms with Gasteiger partial charge in [0.15, 0.2) is 0 Å². The Labute approximate surface area is 262 Å².